The van der Waals surface area contributed by atoms with Crippen molar-refractivity contribution in [2.24, 2.45) is 0 Å². The number of hydrogen-bond donors (Lipinski definition) is 0. The van der Waals surface area contributed by atoms with Gasteiger partial charge >= 0.3 is 0 Å². The number of hydrogen-bond acceptors (Lipinski definition) is 3. The van der Waals surface area contributed by atoms with Gasteiger partial charge in [-0.3, -0.25) is 4.79 Å². The first kappa shape index (κ1) is 13.0. The number of carbonyl (C=O) groups excluding carboxylic acids is 1. The molecule has 0 unspecified atom stereocenters. The van der Waals surface area contributed by atoms with Crippen molar-refractivity contribution in [1.82, 2.24) is 9.88 Å². The summed E-state index contributed by atoms with van der Waals surface area (Å²) < 4.78 is 0. The fraction of sp³-hybridized carbons (Fsp3) is 0.667. The van der Waals surface area contributed by atoms with E-state index in [0.717, 1.165) is 29.7 Å². The van der Waals surface area contributed by atoms with E-state index in [1.54, 1.807) is 11.3 Å². The lowest BCUT2D eigenvalue weighted by Gasteiger charge is -2.27. The summed E-state index contributed by atoms with van der Waals surface area (Å²) in [5.41, 5.74) is 0.611. The van der Waals surface area contributed by atoms with Crippen LogP contribution in [0.4, 0.5) is 0 Å². The molecule has 2 rings (SSSR count). The maximum Gasteiger partial charge on any atom is 0.273 e. The van der Waals surface area contributed by atoms with E-state index in [0.29, 0.717) is 11.7 Å². The lowest BCUT2D eigenvalue weighted by atomic mass is 10.2. The van der Waals surface area contributed by atoms with Crippen LogP contribution >= 0.6 is 27.3 Å². The fourth-order valence-electron chi connectivity index (χ4n) is 2.37. The van der Waals surface area contributed by atoms with Crippen LogP contribution in [0.3, 0.4) is 0 Å². The summed E-state index contributed by atoms with van der Waals surface area (Å²) in [6, 6.07) is 0.419. The van der Waals surface area contributed by atoms with Crippen LogP contribution in [0.5, 0.6) is 0 Å². The molecule has 17 heavy (non-hydrogen) atoms. The van der Waals surface area contributed by atoms with Gasteiger partial charge in [-0.25, -0.2) is 4.98 Å². The molecule has 5 heteroatoms. The van der Waals surface area contributed by atoms with Gasteiger partial charge < -0.3 is 4.90 Å². The first-order valence-electron chi connectivity index (χ1n) is 6.01. The number of alkyl halides is 1. The van der Waals surface area contributed by atoms with Crippen LogP contribution in [-0.2, 0) is 0 Å². The molecule has 1 heterocycles. The number of amides is 1. The van der Waals surface area contributed by atoms with Gasteiger partial charge in [-0.2, -0.15) is 0 Å². The Morgan fingerprint density at radius 1 is 1.59 bits per heavy atom. The Balaban J connectivity index is 2.12. The molecular weight excluding hydrogens is 300 g/mol. The van der Waals surface area contributed by atoms with Crippen molar-refractivity contribution in [3.63, 3.8) is 0 Å². The zero-order valence-corrected chi connectivity index (χ0v) is 12.4. The second-order valence-corrected chi connectivity index (χ2v) is 6.23. The molecule has 0 aromatic carbocycles. The Labute approximate surface area is 114 Å². The van der Waals surface area contributed by atoms with Crippen LogP contribution in [0.15, 0.2) is 5.38 Å². The van der Waals surface area contributed by atoms with Crippen molar-refractivity contribution in [2.75, 3.05) is 11.9 Å². The van der Waals surface area contributed by atoms with E-state index in [4.69, 9.17) is 0 Å². The summed E-state index contributed by atoms with van der Waals surface area (Å²) in [5, 5.41) is 3.66. The Bertz CT molecular complexity index is 388. The molecular formula is C12H17BrN2OS. The van der Waals surface area contributed by atoms with E-state index < -0.39 is 0 Å². The number of rotatable bonds is 4. The normalized spacial score (nSPS) is 16.4. The van der Waals surface area contributed by atoms with Crippen LogP contribution in [0.2, 0.25) is 0 Å². The Kier molecular flexibility index (Phi) is 4.56. The van der Waals surface area contributed by atoms with Crippen LogP contribution in [-0.4, -0.2) is 33.7 Å². The van der Waals surface area contributed by atoms with Gasteiger partial charge in [0.25, 0.3) is 5.91 Å². The van der Waals surface area contributed by atoms with Crippen LogP contribution in [0.25, 0.3) is 0 Å². The number of thiazole rings is 1. The summed E-state index contributed by atoms with van der Waals surface area (Å²) in [6.45, 7) is 2.71. The van der Waals surface area contributed by atoms with Gasteiger partial charge in [-0.05, 0) is 19.8 Å². The molecule has 3 nitrogen and oxygen atoms in total. The molecule has 0 aliphatic heterocycles. The number of aromatic nitrogens is 1. The molecule has 1 aromatic heterocycles. The number of halogens is 1. The second kappa shape index (κ2) is 5.96. The first-order valence-corrected chi connectivity index (χ1v) is 8.01. The largest absolute Gasteiger partial charge is 0.333 e. The highest BCUT2D eigenvalue weighted by Gasteiger charge is 2.27. The Morgan fingerprint density at radius 3 is 2.82 bits per heavy atom. The Hall–Kier alpha value is -0.420. The third kappa shape index (κ3) is 3.07. The summed E-state index contributed by atoms with van der Waals surface area (Å²) in [4.78, 5) is 18.7. The zero-order valence-electron chi connectivity index (χ0n) is 9.99. The number of aryl methyl sites for hydroxylation is 1. The minimum Gasteiger partial charge on any atom is -0.333 e. The van der Waals surface area contributed by atoms with Gasteiger partial charge in [-0.15, -0.1) is 11.3 Å². The molecule has 1 aliphatic rings. The number of carbonyl (C=O) groups is 1. The van der Waals surface area contributed by atoms with Gasteiger partial charge in [0.05, 0.1) is 5.01 Å². The quantitative estimate of drug-likeness (QED) is 0.799. The topological polar surface area (TPSA) is 33.2 Å². The molecule has 1 aliphatic carbocycles. The van der Waals surface area contributed by atoms with E-state index >= 15 is 0 Å². The highest BCUT2D eigenvalue weighted by Crippen LogP contribution is 2.25. The monoisotopic (exact) mass is 316 g/mol. The molecule has 0 saturated heterocycles. The summed E-state index contributed by atoms with van der Waals surface area (Å²) in [6.07, 6.45) is 4.77. The van der Waals surface area contributed by atoms with E-state index in [2.05, 4.69) is 20.9 Å². The number of nitrogens with zero attached hydrogens (tertiary/aromatic N) is 2. The van der Waals surface area contributed by atoms with Gasteiger partial charge in [-0.1, -0.05) is 28.8 Å². The Morgan fingerprint density at radius 2 is 2.29 bits per heavy atom. The van der Waals surface area contributed by atoms with Gasteiger partial charge in [0.2, 0.25) is 0 Å². The van der Waals surface area contributed by atoms with Gasteiger partial charge in [0, 0.05) is 23.3 Å². The third-order valence-electron chi connectivity index (χ3n) is 3.19. The van der Waals surface area contributed by atoms with Gasteiger partial charge in [0.15, 0.2) is 0 Å². The molecule has 0 spiro atoms. The van der Waals surface area contributed by atoms with E-state index in [-0.39, 0.29) is 5.91 Å². The maximum absolute atomic E-state index is 12.4. The predicted molar refractivity (Wildman–Crippen MR) is 73.9 cm³/mol. The highest BCUT2D eigenvalue weighted by molar-refractivity contribution is 9.09. The molecule has 0 atom stereocenters. The molecule has 0 bridgehead atoms. The van der Waals surface area contributed by atoms with Crippen molar-refractivity contribution in [2.45, 2.75) is 38.6 Å². The fourth-order valence-corrected chi connectivity index (χ4v) is 3.33. The molecule has 1 saturated carbocycles. The molecule has 94 valence electrons. The van der Waals surface area contributed by atoms with Crippen molar-refractivity contribution in [3.8, 4) is 0 Å². The lowest BCUT2D eigenvalue weighted by Crippen LogP contribution is -2.40. The predicted octanol–water partition coefficient (Wildman–Crippen LogP) is 3.23. The van der Waals surface area contributed by atoms with Crippen LogP contribution < -0.4 is 0 Å². The average molecular weight is 317 g/mol. The van der Waals surface area contributed by atoms with Crippen molar-refractivity contribution < 1.29 is 4.79 Å². The standard InChI is InChI=1S/C12H17BrN2OS/c1-9-14-11(8-17-9)12(16)15(7-6-13)10-4-2-3-5-10/h8,10H,2-7H2,1H3. The van der Waals surface area contributed by atoms with E-state index in [1.165, 1.54) is 12.8 Å². The van der Waals surface area contributed by atoms with Crippen molar-refractivity contribution in [1.29, 1.82) is 0 Å². The van der Waals surface area contributed by atoms with Crippen molar-refractivity contribution >= 4 is 33.2 Å². The molecule has 1 amide bonds. The van der Waals surface area contributed by atoms with Crippen LogP contribution in [0.1, 0.15) is 41.2 Å². The maximum atomic E-state index is 12.4. The van der Waals surface area contributed by atoms with E-state index in [9.17, 15) is 4.79 Å². The van der Waals surface area contributed by atoms with Gasteiger partial charge in [0.1, 0.15) is 5.69 Å². The summed E-state index contributed by atoms with van der Waals surface area (Å²) >= 11 is 4.97. The molecule has 0 N–H and O–H groups in total. The molecule has 1 aromatic rings. The smallest absolute Gasteiger partial charge is 0.273 e. The highest BCUT2D eigenvalue weighted by atomic mass is 79.9. The third-order valence-corrected chi connectivity index (χ3v) is 4.32. The molecule has 0 radical (unpaired) electrons. The van der Waals surface area contributed by atoms with E-state index in [1.807, 2.05) is 17.2 Å². The average Bonchev–Trinajstić information content (AvgIpc) is 2.95. The minimum atomic E-state index is 0.0979. The second-order valence-electron chi connectivity index (χ2n) is 4.38. The minimum absolute atomic E-state index is 0.0979. The zero-order chi connectivity index (χ0) is 12.3. The lowest BCUT2D eigenvalue weighted by molar-refractivity contribution is 0.0691. The summed E-state index contributed by atoms with van der Waals surface area (Å²) in [5.74, 6) is 0.0979. The summed E-state index contributed by atoms with van der Waals surface area (Å²) in [7, 11) is 0. The molecule has 1 fully saturated rings. The van der Waals surface area contributed by atoms with Crippen LogP contribution in [0, 0.1) is 6.92 Å². The first-order chi connectivity index (χ1) is 8.22. The SMILES string of the molecule is Cc1nc(C(=O)N(CCBr)C2CCCC2)cs1. The van der Waals surface area contributed by atoms with Crippen molar-refractivity contribution in [3.05, 3.63) is 16.1 Å².